The first-order chi connectivity index (χ1) is 12.7. The number of ether oxygens (including phenoxy) is 1. The fourth-order valence-corrected chi connectivity index (χ4v) is 2.92. The lowest BCUT2D eigenvalue weighted by atomic mass is 9.99. The van der Waals surface area contributed by atoms with Crippen molar-refractivity contribution in [3.8, 4) is 0 Å². The zero-order chi connectivity index (χ0) is 20.6. The minimum absolute atomic E-state index is 0.192. The molecule has 6 atom stereocenters. The van der Waals surface area contributed by atoms with Gasteiger partial charge in [-0.1, -0.05) is 32.4 Å². The van der Waals surface area contributed by atoms with Gasteiger partial charge in [0, 0.05) is 20.7 Å². The van der Waals surface area contributed by atoms with E-state index in [9.17, 15) is 24.9 Å². The predicted molar refractivity (Wildman–Crippen MR) is 101 cm³/mol. The van der Waals surface area contributed by atoms with Crippen molar-refractivity contribution < 1.29 is 29.6 Å². The first-order valence-electron chi connectivity index (χ1n) is 9.53. The summed E-state index contributed by atoms with van der Waals surface area (Å²) in [5.41, 5.74) is 0. The van der Waals surface area contributed by atoms with E-state index in [2.05, 4.69) is 5.32 Å². The average molecular weight is 386 g/mol. The Morgan fingerprint density at radius 1 is 1.30 bits per heavy atom. The summed E-state index contributed by atoms with van der Waals surface area (Å²) in [4.78, 5) is 26.4. The average Bonchev–Trinajstić information content (AvgIpc) is 2.81. The lowest BCUT2D eigenvalue weighted by molar-refractivity contribution is -0.151. The molecule has 0 aliphatic carbocycles. The largest absolute Gasteiger partial charge is 0.387 e. The number of nitrogens with one attached hydrogen (secondary N) is 1. The highest BCUT2D eigenvalue weighted by molar-refractivity contribution is 5.89. The van der Waals surface area contributed by atoms with Crippen molar-refractivity contribution in [2.45, 2.75) is 70.0 Å². The predicted octanol–water partition coefficient (Wildman–Crippen LogP) is -0.186. The molecule has 1 fully saturated rings. The lowest BCUT2D eigenvalue weighted by Crippen LogP contribution is -2.55. The minimum atomic E-state index is -1.65. The normalized spacial score (nSPS) is 24.2. The molecule has 1 heterocycles. The Kier molecular flexibility index (Phi) is 9.93. The van der Waals surface area contributed by atoms with Gasteiger partial charge in [0.15, 0.2) is 6.10 Å². The van der Waals surface area contributed by atoms with Crippen LogP contribution in [0.15, 0.2) is 12.2 Å². The Hall–Kier alpha value is -1.48. The van der Waals surface area contributed by atoms with Crippen LogP contribution in [-0.4, -0.2) is 83.2 Å². The smallest absolute Gasteiger partial charge is 0.252 e. The number of amides is 2. The van der Waals surface area contributed by atoms with Gasteiger partial charge in [0.2, 0.25) is 5.91 Å². The molecule has 0 bridgehead atoms. The highest BCUT2D eigenvalue weighted by Crippen LogP contribution is 2.14. The van der Waals surface area contributed by atoms with Crippen molar-refractivity contribution in [3.63, 3.8) is 0 Å². The molecule has 1 unspecified atom stereocenters. The quantitative estimate of drug-likeness (QED) is 0.408. The van der Waals surface area contributed by atoms with E-state index in [4.69, 9.17) is 4.74 Å². The number of likely N-dealkylation sites (N-methyl/N-ethyl adjacent to an activating group) is 1. The molecule has 1 rings (SSSR count). The molecule has 1 aliphatic heterocycles. The maximum atomic E-state index is 12.5. The van der Waals surface area contributed by atoms with Gasteiger partial charge in [0.1, 0.15) is 24.4 Å². The van der Waals surface area contributed by atoms with E-state index in [-0.39, 0.29) is 11.8 Å². The third-order valence-electron chi connectivity index (χ3n) is 5.03. The van der Waals surface area contributed by atoms with Gasteiger partial charge >= 0.3 is 0 Å². The van der Waals surface area contributed by atoms with Crippen LogP contribution in [0.1, 0.15) is 39.5 Å². The second-order valence-electron chi connectivity index (χ2n) is 7.22. The molecule has 0 radical (unpaired) electrons. The molecule has 4 N–H and O–H groups in total. The molecule has 0 aromatic heterocycles. The zero-order valence-electron chi connectivity index (χ0n) is 16.7. The van der Waals surface area contributed by atoms with Crippen LogP contribution >= 0.6 is 0 Å². The number of allylic oxidation sites excluding steroid dienone is 1. The number of aliphatic hydroxyl groups excluding tert-OH is 3. The standard InChI is InChI=1S/C19H34N2O6/c1-5-12(2)9-10-14(22)15(23)16(24)17(27-4)18(25)20-13-8-6-7-11-21(3)19(13)26/h9-10,12-17,22-24H,5-8,11H2,1-4H3,(H,20,25)/b10-9+/t12?,13-,14+,15-,16+,17+/m0/s1. The summed E-state index contributed by atoms with van der Waals surface area (Å²) in [7, 11) is 2.90. The number of likely N-dealkylation sites (tertiary alicyclic amines) is 1. The van der Waals surface area contributed by atoms with Gasteiger partial charge in [-0.05, 0) is 25.2 Å². The molecule has 156 valence electrons. The van der Waals surface area contributed by atoms with Gasteiger partial charge in [-0.3, -0.25) is 9.59 Å². The summed E-state index contributed by atoms with van der Waals surface area (Å²) in [6.07, 6.45) is 0.163. The third-order valence-corrected chi connectivity index (χ3v) is 5.03. The van der Waals surface area contributed by atoms with E-state index < -0.39 is 36.4 Å². The number of rotatable bonds is 9. The van der Waals surface area contributed by atoms with Crippen LogP contribution in [0.5, 0.6) is 0 Å². The summed E-state index contributed by atoms with van der Waals surface area (Å²) >= 11 is 0. The summed E-state index contributed by atoms with van der Waals surface area (Å²) < 4.78 is 5.04. The minimum Gasteiger partial charge on any atom is -0.387 e. The SMILES string of the molecule is CCC(C)/C=C/[C@@H](O)[C@H](O)[C@@H](O)[C@@H](OC)C(=O)N[C@H]1CCCCN(C)C1=O. The Balaban J connectivity index is 2.75. The van der Waals surface area contributed by atoms with Crippen molar-refractivity contribution in [2.24, 2.45) is 5.92 Å². The summed E-state index contributed by atoms with van der Waals surface area (Å²) in [5.74, 6) is -0.679. The van der Waals surface area contributed by atoms with E-state index in [0.717, 1.165) is 19.3 Å². The second kappa shape index (κ2) is 11.4. The monoisotopic (exact) mass is 386 g/mol. The van der Waals surface area contributed by atoms with Crippen LogP contribution in [-0.2, 0) is 14.3 Å². The van der Waals surface area contributed by atoms with Crippen molar-refractivity contribution in [1.29, 1.82) is 0 Å². The van der Waals surface area contributed by atoms with Crippen LogP contribution < -0.4 is 5.32 Å². The zero-order valence-corrected chi connectivity index (χ0v) is 16.7. The van der Waals surface area contributed by atoms with Gasteiger partial charge in [-0.2, -0.15) is 0 Å². The first kappa shape index (κ1) is 23.6. The number of carbonyl (C=O) groups is 2. The number of carbonyl (C=O) groups excluding carboxylic acids is 2. The molecular weight excluding hydrogens is 352 g/mol. The maximum Gasteiger partial charge on any atom is 0.252 e. The molecule has 0 saturated carbocycles. The van der Waals surface area contributed by atoms with Crippen molar-refractivity contribution in [2.75, 3.05) is 20.7 Å². The van der Waals surface area contributed by atoms with Gasteiger partial charge in [0.05, 0.1) is 0 Å². The highest BCUT2D eigenvalue weighted by Gasteiger charge is 2.37. The van der Waals surface area contributed by atoms with Crippen molar-refractivity contribution >= 4 is 11.8 Å². The number of nitrogens with zero attached hydrogens (tertiary/aromatic N) is 1. The molecule has 2 amide bonds. The van der Waals surface area contributed by atoms with Crippen molar-refractivity contribution in [3.05, 3.63) is 12.2 Å². The van der Waals surface area contributed by atoms with Gasteiger partial charge in [-0.15, -0.1) is 0 Å². The Morgan fingerprint density at radius 2 is 1.96 bits per heavy atom. The molecule has 0 aromatic rings. The number of aliphatic hydroxyl groups is 3. The van der Waals surface area contributed by atoms with Crippen LogP contribution in [0, 0.1) is 5.92 Å². The summed E-state index contributed by atoms with van der Waals surface area (Å²) in [6, 6.07) is -0.692. The lowest BCUT2D eigenvalue weighted by Gasteiger charge is -2.28. The van der Waals surface area contributed by atoms with E-state index in [1.807, 2.05) is 13.8 Å². The van der Waals surface area contributed by atoms with E-state index in [1.54, 1.807) is 18.0 Å². The molecule has 1 saturated heterocycles. The molecule has 1 aliphatic rings. The molecule has 0 spiro atoms. The Labute approximate surface area is 161 Å². The van der Waals surface area contributed by atoms with Gasteiger partial charge in [-0.25, -0.2) is 0 Å². The summed E-state index contributed by atoms with van der Waals surface area (Å²) in [5, 5.41) is 33.1. The Morgan fingerprint density at radius 3 is 2.56 bits per heavy atom. The molecule has 0 aromatic carbocycles. The first-order valence-corrected chi connectivity index (χ1v) is 9.53. The molecular formula is C19H34N2O6. The number of hydrogen-bond donors (Lipinski definition) is 4. The number of methoxy groups -OCH3 is 1. The second-order valence-corrected chi connectivity index (χ2v) is 7.22. The van der Waals surface area contributed by atoms with Crippen LogP contribution in [0.4, 0.5) is 0 Å². The van der Waals surface area contributed by atoms with Crippen LogP contribution in [0.2, 0.25) is 0 Å². The van der Waals surface area contributed by atoms with Crippen molar-refractivity contribution in [1.82, 2.24) is 10.2 Å². The van der Waals surface area contributed by atoms with E-state index in [0.29, 0.717) is 13.0 Å². The van der Waals surface area contributed by atoms with Gasteiger partial charge < -0.3 is 30.3 Å². The fourth-order valence-electron chi connectivity index (χ4n) is 2.92. The van der Waals surface area contributed by atoms with E-state index >= 15 is 0 Å². The number of hydrogen-bond acceptors (Lipinski definition) is 6. The highest BCUT2D eigenvalue weighted by atomic mass is 16.5. The fraction of sp³-hybridized carbons (Fsp3) is 0.789. The molecule has 8 nitrogen and oxygen atoms in total. The van der Waals surface area contributed by atoms with E-state index in [1.165, 1.54) is 13.2 Å². The molecule has 8 heteroatoms. The Bertz CT molecular complexity index is 512. The topological polar surface area (TPSA) is 119 Å². The van der Waals surface area contributed by atoms with Crippen LogP contribution in [0.25, 0.3) is 0 Å². The maximum absolute atomic E-state index is 12.5. The third kappa shape index (κ3) is 6.88. The van der Waals surface area contributed by atoms with Gasteiger partial charge in [0.25, 0.3) is 5.91 Å². The molecule has 27 heavy (non-hydrogen) atoms. The summed E-state index contributed by atoms with van der Waals surface area (Å²) in [6.45, 7) is 4.58. The van der Waals surface area contributed by atoms with Crippen LogP contribution in [0.3, 0.4) is 0 Å².